The predicted molar refractivity (Wildman–Crippen MR) is 48.0 cm³/mol. The molecule has 2 aliphatic rings. The van der Waals surface area contributed by atoms with Crippen molar-refractivity contribution in [3.8, 4) is 0 Å². The molecule has 0 spiro atoms. The van der Waals surface area contributed by atoms with Crippen molar-refractivity contribution in [2.24, 2.45) is 0 Å². The molecule has 0 radical (unpaired) electrons. The maximum atomic E-state index is 5.66. The normalized spacial score (nSPS) is 41.5. The molecule has 72 valence electrons. The van der Waals surface area contributed by atoms with Gasteiger partial charge in [-0.2, -0.15) is 0 Å². The van der Waals surface area contributed by atoms with E-state index in [1.807, 2.05) is 0 Å². The Morgan fingerprint density at radius 1 is 1.00 bits per heavy atom. The number of rotatable bonds is 4. The summed E-state index contributed by atoms with van der Waals surface area (Å²) in [6, 6.07) is 0. The first kappa shape index (κ1) is 8.63. The Morgan fingerprint density at radius 3 is 1.77 bits per heavy atom. The van der Waals surface area contributed by atoms with E-state index in [4.69, 9.17) is 14.2 Å². The number of hydrogen-bond donors (Lipinski definition) is 0. The highest BCUT2D eigenvalue weighted by Crippen LogP contribution is 2.38. The summed E-state index contributed by atoms with van der Waals surface area (Å²) < 4.78 is 16.3. The maximum Gasteiger partial charge on any atom is 0.127 e. The van der Waals surface area contributed by atoms with E-state index in [1.165, 1.54) is 12.5 Å². The van der Waals surface area contributed by atoms with Crippen LogP contribution in [0.2, 0.25) is 0 Å². The van der Waals surface area contributed by atoms with Crippen LogP contribution in [0.4, 0.5) is 0 Å². The van der Waals surface area contributed by atoms with Crippen molar-refractivity contribution in [3.63, 3.8) is 0 Å². The van der Waals surface area contributed by atoms with E-state index in [-0.39, 0.29) is 24.4 Å². The third kappa shape index (κ3) is 1.44. The zero-order valence-electron chi connectivity index (χ0n) is 7.52. The Morgan fingerprint density at radius 2 is 1.46 bits per heavy atom. The minimum Gasteiger partial charge on any atom is -0.496 e. The van der Waals surface area contributed by atoms with E-state index in [9.17, 15) is 0 Å². The van der Waals surface area contributed by atoms with Crippen LogP contribution in [0, 0.1) is 0 Å². The fourth-order valence-electron chi connectivity index (χ4n) is 2.11. The number of hydrogen-bond acceptors (Lipinski definition) is 3. The van der Waals surface area contributed by atoms with Crippen molar-refractivity contribution in [1.29, 1.82) is 0 Å². The molecule has 0 aromatic rings. The molecule has 0 aromatic heterocycles. The largest absolute Gasteiger partial charge is 0.496 e. The van der Waals surface area contributed by atoms with Gasteiger partial charge in [0.15, 0.2) is 0 Å². The van der Waals surface area contributed by atoms with E-state index in [0.29, 0.717) is 0 Å². The van der Waals surface area contributed by atoms with Gasteiger partial charge >= 0.3 is 0 Å². The quantitative estimate of drug-likeness (QED) is 0.618. The molecule has 4 atom stereocenters. The van der Waals surface area contributed by atoms with E-state index >= 15 is 0 Å². The summed E-state index contributed by atoms with van der Waals surface area (Å²) in [5, 5.41) is 0. The summed E-state index contributed by atoms with van der Waals surface area (Å²) in [5.41, 5.74) is 0. The highest BCUT2D eigenvalue weighted by Gasteiger charge is 2.49. The minimum atomic E-state index is 0.173. The molecular formula is C10H14O3. The molecule has 2 heterocycles. The van der Waals surface area contributed by atoms with Gasteiger partial charge in [-0.05, 0) is 0 Å². The van der Waals surface area contributed by atoms with Crippen LogP contribution in [0.25, 0.3) is 0 Å². The Hall–Kier alpha value is -0.960. The third-order valence-electron chi connectivity index (χ3n) is 2.65. The minimum absolute atomic E-state index is 0.173. The Labute approximate surface area is 78.0 Å². The second-order valence-electron chi connectivity index (χ2n) is 3.37. The molecule has 2 rings (SSSR count). The van der Waals surface area contributed by atoms with Crippen LogP contribution in [0.5, 0.6) is 0 Å². The van der Waals surface area contributed by atoms with Gasteiger partial charge in [0, 0.05) is 12.8 Å². The van der Waals surface area contributed by atoms with Crippen molar-refractivity contribution in [2.75, 3.05) is 0 Å². The van der Waals surface area contributed by atoms with E-state index in [0.717, 1.165) is 12.8 Å². The summed E-state index contributed by atoms with van der Waals surface area (Å²) >= 11 is 0. The summed E-state index contributed by atoms with van der Waals surface area (Å²) in [6.45, 7) is 7.08. The summed E-state index contributed by atoms with van der Waals surface area (Å²) in [5.74, 6) is 0. The van der Waals surface area contributed by atoms with Crippen LogP contribution < -0.4 is 0 Å². The van der Waals surface area contributed by atoms with Crippen molar-refractivity contribution in [3.05, 3.63) is 25.7 Å². The molecule has 0 N–H and O–H groups in total. The van der Waals surface area contributed by atoms with Crippen LogP contribution in [0.1, 0.15) is 12.8 Å². The first-order valence-corrected chi connectivity index (χ1v) is 4.53. The van der Waals surface area contributed by atoms with Gasteiger partial charge in [-0.1, -0.05) is 13.2 Å². The first-order valence-electron chi connectivity index (χ1n) is 4.53. The second kappa shape index (κ2) is 3.42. The molecule has 0 amide bonds. The van der Waals surface area contributed by atoms with Gasteiger partial charge in [-0.3, -0.25) is 0 Å². The monoisotopic (exact) mass is 182 g/mol. The molecule has 2 aliphatic heterocycles. The van der Waals surface area contributed by atoms with Gasteiger partial charge in [-0.25, -0.2) is 0 Å². The average molecular weight is 182 g/mol. The van der Waals surface area contributed by atoms with Crippen LogP contribution >= 0.6 is 0 Å². The standard InChI is InChI=1S/C10H14O3/c1-3-11-7-5-10-8(12-4-2)6-9(7)13-10/h3-4,7-10H,1-2,5-6H2. The lowest BCUT2D eigenvalue weighted by Crippen LogP contribution is -2.32. The fourth-order valence-corrected chi connectivity index (χ4v) is 2.11. The Kier molecular flexibility index (Phi) is 2.27. The molecule has 0 saturated carbocycles. The highest BCUT2D eigenvalue weighted by molar-refractivity contribution is 4.98. The molecule has 3 heteroatoms. The highest BCUT2D eigenvalue weighted by atomic mass is 16.6. The van der Waals surface area contributed by atoms with Gasteiger partial charge in [0.25, 0.3) is 0 Å². The molecule has 2 fully saturated rings. The topological polar surface area (TPSA) is 27.7 Å². The lowest BCUT2D eigenvalue weighted by Gasteiger charge is -2.23. The zero-order chi connectivity index (χ0) is 9.26. The van der Waals surface area contributed by atoms with Crippen molar-refractivity contribution < 1.29 is 14.2 Å². The number of fused-ring (bicyclic) bond motifs is 2. The molecular weight excluding hydrogens is 168 g/mol. The van der Waals surface area contributed by atoms with Gasteiger partial charge in [0.05, 0.1) is 24.7 Å². The second-order valence-corrected chi connectivity index (χ2v) is 3.37. The summed E-state index contributed by atoms with van der Waals surface area (Å²) in [7, 11) is 0. The van der Waals surface area contributed by atoms with Crippen molar-refractivity contribution >= 4 is 0 Å². The number of ether oxygens (including phenoxy) is 3. The molecule has 0 aromatic carbocycles. The summed E-state index contributed by atoms with van der Waals surface area (Å²) in [6.07, 6.45) is 5.46. The zero-order valence-corrected chi connectivity index (χ0v) is 7.52. The van der Waals surface area contributed by atoms with E-state index < -0.39 is 0 Å². The van der Waals surface area contributed by atoms with E-state index in [2.05, 4.69) is 13.2 Å². The summed E-state index contributed by atoms with van der Waals surface area (Å²) in [4.78, 5) is 0. The van der Waals surface area contributed by atoms with Crippen LogP contribution in [0.3, 0.4) is 0 Å². The smallest absolute Gasteiger partial charge is 0.127 e. The molecule has 4 unspecified atom stereocenters. The molecule has 0 aliphatic carbocycles. The fraction of sp³-hybridized carbons (Fsp3) is 0.600. The van der Waals surface area contributed by atoms with Gasteiger partial charge in [0.2, 0.25) is 0 Å². The molecule has 13 heavy (non-hydrogen) atoms. The Balaban J connectivity index is 1.91. The van der Waals surface area contributed by atoms with Crippen molar-refractivity contribution in [1.82, 2.24) is 0 Å². The molecule has 2 saturated heterocycles. The van der Waals surface area contributed by atoms with Gasteiger partial charge in [0.1, 0.15) is 12.2 Å². The van der Waals surface area contributed by atoms with Crippen LogP contribution in [-0.2, 0) is 14.2 Å². The van der Waals surface area contributed by atoms with Crippen LogP contribution in [-0.4, -0.2) is 24.4 Å². The Bertz CT molecular complexity index is 192. The third-order valence-corrected chi connectivity index (χ3v) is 2.65. The lowest BCUT2D eigenvalue weighted by molar-refractivity contribution is 0.0398. The molecule has 3 nitrogen and oxygen atoms in total. The van der Waals surface area contributed by atoms with Crippen LogP contribution in [0.15, 0.2) is 25.7 Å². The predicted octanol–water partition coefficient (Wildman–Crippen LogP) is 1.60. The average Bonchev–Trinajstić information content (AvgIpc) is 2.65. The SMILES string of the molecule is C=COC1CC2OC1CC2OC=C. The van der Waals surface area contributed by atoms with Gasteiger partial charge < -0.3 is 14.2 Å². The molecule has 2 bridgehead atoms. The first-order chi connectivity index (χ1) is 6.35. The lowest BCUT2D eigenvalue weighted by atomic mass is 9.95. The maximum absolute atomic E-state index is 5.66. The van der Waals surface area contributed by atoms with Gasteiger partial charge in [-0.15, -0.1) is 0 Å². The van der Waals surface area contributed by atoms with E-state index in [1.54, 1.807) is 0 Å². The van der Waals surface area contributed by atoms with Crippen molar-refractivity contribution in [2.45, 2.75) is 37.3 Å².